The number of pyridine rings is 1. The minimum absolute atomic E-state index is 0.0191. The van der Waals surface area contributed by atoms with Gasteiger partial charge in [0.05, 0.1) is 5.69 Å². The number of piperidine rings is 1. The van der Waals surface area contributed by atoms with Crippen LogP contribution in [0.5, 0.6) is 0 Å². The van der Waals surface area contributed by atoms with E-state index in [1.165, 1.54) is 0 Å². The molecule has 2 N–H and O–H groups in total. The van der Waals surface area contributed by atoms with E-state index in [0.29, 0.717) is 6.54 Å². The number of hydrogen-bond acceptors (Lipinski definition) is 4. The number of H-pyrrole nitrogens is 1. The number of halogens is 2. The first-order valence-corrected chi connectivity index (χ1v) is 9.06. The maximum atomic E-state index is 13.3. The Morgan fingerprint density at radius 2 is 1.89 bits per heavy atom. The highest BCUT2D eigenvalue weighted by Gasteiger charge is 2.24. The summed E-state index contributed by atoms with van der Waals surface area (Å²) in [6.07, 6.45) is 5.11. The van der Waals surface area contributed by atoms with Gasteiger partial charge in [0.1, 0.15) is 11.6 Å². The molecule has 1 fully saturated rings. The lowest BCUT2D eigenvalue weighted by atomic mass is 10.0. The molecule has 4 rings (SSSR count). The minimum atomic E-state index is -0.768. The normalized spacial score (nSPS) is 16.8. The van der Waals surface area contributed by atoms with Gasteiger partial charge in [-0.05, 0) is 37.1 Å². The van der Waals surface area contributed by atoms with Crippen LogP contribution in [0.1, 0.15) is 23.2 Å². The standard InChI is InChI=1S/C20H19F2N5O/c21-15-8-14(9-16(22)10-15)20(28)24-17-2-1-7-27(12-17)19-11-18(25-26-19)13-3-5-23-6-4-13/h3-6,8-11,17H,1-2,7,12H2,(H,24,28)(H,25,26). The molecule has 6 nitrogen and oxygen atoms in total. The van der Waals surface area contributed by atoms with Gasteiger partial charge in [-0.2, -0.15) is 5.10 Å². The van der Waals surface area contributed by atoms with Crippen molar-refractivity contribution in [2.24, 2.45) is 0 Å². The second kappa shape index (κ2) is 7.75. The Labute approximate surface area is 160 Å². The number of nitrogens with one attached hydrogen (secondary N) is 2. The Morgan fingerprint density at radius 3 is 2.64 bits per heavy atom. The van der Waals surface area contributed by atoms with E-state index in [9.17, 15) is 13.6 Å². The van der Waals surface area contributed by atoms with Gasteiger partial charge in [0.2, 0.25) is 0 Å². The molecule has 8 heteroatoms. The van der Waals surface area contributed by atoms with Gasteiger partial charge in [-0.15, -0.1) is 0 Å². The van der Waals surface area contributed by atoms with E-state index in [4.69, 9.17) is 0 Å². The molecule has 1 aromatic carbocycles. The number of anilines is 1. The topological polar surface area (TPSA) is 73.9 Å². The van der Waals surface area contributed by atoms with Crippen LogP contribution in [0.2, 0.25) is 0 Å². The predicted molar refractivity (Wildman–Crippen MR) is 101 cm³/mol. The molecule has 28 heavy (non-hydrogen) atoms. The number of carbonyl (C=O) groups excluding carboxylic acids is 1. The number of rotatable bonds is 4. The fourth-order valence-electron chi connectivity index (χ4n) is 3.41. The lowest BCUT2D eigenvalue weighted by Crippen LogP contribution is -2.48. The molecule has 3 aromatic rings. The third-order valence-electron chi connectivity index (χ3n) is 4.76. The summed E-state index contributed by atoms with van der Waals surface area (Å²) in [4.78, 5) is 18.5. The molecule has 144 valence electrons. The number of nitrogens with zero attached hydrogens (tertiary/aromatic N) is 3. The Kier molecular flexibility index (Phi) is 5.01. The van der Waals surface area contributed by atoms with Gasteiger partial charge < -0.3 is 10.2 Å². The van der Waals surface area contributed by atoms with Crippen LogP contribution in [0.4, 0.5) is 14.6 Å². The van der Waals surface area contributed by atoms with E-state index < -0.39 is 17.5 Å². The highest BCUT2D eigenvalue weighted by molar-refractivity contribution is 5.94. The highest BCUT2D eigenvalue weighted by Crippen LogP contribution is 2.24. The van der Waals surface area contributed by atoms with E-state index in [-0.39, 0.29) is 11.6 Å². The fourth-order valence-corrected chi connectivity index (χ4v) is 3.41. The second-order valence-corrected chi connectivity index (χ2v) is 6.79. The molecular weight excluding hydrogens is 364 g/mol. The van der Waals surface area contributed by atoms with Crippen LogP contribution in [-0.4, -0.2) is 40.2 Å². The van der Waals surface area contributed by atoms with Crippen molar-refractivity contribution in [2.45, 2.75) is 18.9 Å². The number of aromatic amines is 1. The van der Waals surface area contributed by atoms with Gasteiger partial charge in [0, 0.05) is 54.8 Å². The van der Waals surface area contributed by atoms with E-state index in [2.05, 4.69) is 25.4 Å². The summed E-state index contributed by atoms with van der Waals surface area (Å²) in [7, 11) is 0. The number of benzene rings is 1. The Morgan fingerprint density at radius 1 is 1.14 bits per heavy atom. The molecule has 0 bridgehead atoms. The summed E-state index contributed by atoms with van der Waals surface area (Å²) in [5.74, 6) is -1.22. The van der Waals surface area contributed by atoms with Crippen molar-refractivity contribution in [3.05, 3.63) is 66.0 Å². The van der Waals surface area contributed by atoms with Gasteiger partial charge in [-0.3, -0.25) is 14.9 Å². The summed E-state index contributed by atoms with van der Waals surface area (Å²) in [5, 5.41) is 10.3. The van der Waals surface area contributed by atoms with E-state index in [1.54, 1.807) is 12.4 Å². The molecule has 1 aliphatic rings. The summed E-state index contributed by atoms with van der Waals surface area (Å²) in [6.45, 7) is 1.39. The van der Waals surface area contributed by atoms with Crippen molar-refractivity contribution in [3.63, 3.8) is 0 Å². The van der Waals surface area contributed by atoms with E-state index in [0.717, 1.165) is 54.7 Å². The molecule has 3 heterocycles. The third-order valence-corrected chi connectivity index (χ3v) is 4.76. The van der Waals surface area contributed by atoms with Crippen molar-refractivity contribution in [1.29, 1.82) is 0 Å². The first kappa shape index (κ1) is 18.1. The summed E-state index contributed by atoms with van der Waals surface area (Å²) in [6, 6.07) is 8.44. The van der Waals surface area contributed by atoms with Gasteiger partial charge in [0.15, 0.2) is 5.82 Å². The molecule has 1 unspecified atom stereocenters. The van der Waals surface area contributed by atoms with Gasteiger partial charge in [-0.1, -0.05) is 0 Å². The first-order valence-electron chi connectivity index (χ1n) is 9.06. The van der Waals surface area contributed by atoms with Crippen molar-refractivity contribution in [3.8, 4) is 11.3 Å². The molecule has 1 atom stereocenters. The van der Waals surface area contributed by atoms with Crippen LogP contribution >= 0.6 is 0 Å². The zero-order valence-electron chi connectivity index (χ0n) is 15.0. The van der Waals surface area contributed by atoms with E-state index >= 15 is 0 Å². The minimum Gasteiger partial charge on any atom is -0.353 e. The number of aromatic nitrogens is 3. The van der Waals surface area contributed by atoms with Crippen LogP contribution in [0.15, 0.2) is 48.8 Å². The summed E-state index contributed by atoms with van der Waals surface area (Å²) < 4.78 is 26.7. The quantitative estimate of drug-likeness (QED) is 0.726. The maximum absolute atomic E-state index is 13.3. The predicted octanol–water partition coefficient (Wildman–Crippen LogP) is 3.15. The Hall–Kier alpha value is -3.29. The largest absolute Gasteiger partial charge is 0.353 e. The number of carbonyl (C=O) groups is 1. The summed E-state index contributed by atoms with van der Waals surface area (Å²) in [5.41, 5.74) is 1.86. The van der Waals surface area contributed by atoms with Crippen LogP contribution in [0.25, 0.3) is 11.3 Å². The first-order chi connectivity index (χ1) is 13.6. The molecule has 0 radical (unpaired) electrons. The van der Waals surface area contributed by atoms with E-state index in [1.807, 2.05) is 18.2 Å². The zero-order chi connectivity index (χ0) is 19.5. The van der Waals surface area contributed by atoms with Crippen molar-refractivity contribution < 1.29 is 13.6 Å². The van der Waals surface area contributed by atoms with Gasteiger partial charge in [-0.25, -0.2) is 8.78 Å². The molecule has 0 spiro atoms. The average Bonchev–Trinajstić information content (AvgIpc) is 3.18. The maximum Gasteiger partial charge on any atom is 0.251 e. The molecule has 0 saturated carbocycles. The van der Waals surface area contributed by atoms with Crippen molar-refractivity contribution in [1.82, 2.24) is 20.5 Å². The number of amides is 1. The van der Waals surface area contributed by atoms with Gasteiger partial charge in [0.25, 0.3) is 5.91 Å². The summed E-state index contributed by atoms with van der Waals surface area (Å²) >= 11 is 0. The van der Waals surface area contributed by atoms with Crippen molar-refractivity contribution >= 4 is 11.7 Å². The molecule has 1 aliphatic heterocycles. The Bertz CT molecular complexity index is 955. The molecule has 1 amide bonds. The van der Waals surface area contributed by atoms with Crippen LogP contribution in [-0.2, 0) is 0 Å². The fraction of sp³-hybridized carbons (Fsp3) is 0.250. The monoisotopic (exact) mass is 383 g/mol. The third kappa shape index (κ3) is 4.00. The lowest BCUT2D eigenvalue weighted by molar-refractivity contribution is 0.0932. The second-order valence-electron chi connectivity index (χ2n) is 6.79. The van der Waals surface area contributed by atoms with Crippen molar-refractivity contribution in [2.75, 3.05) is 18.0 Å². The Balaban J connectivity index is 1.43. The molecule has 1 saturated heterocycles. The number of hydrogen-bond donors (Lipinski definition) is 2. The molecule has 2 aromatic heterocycles. The van der Waals surface area contributed by atoms with Gasteiger partial charge >= 0.3 is 0 Å². The molecule has 0 aliphatic carbocycles. The zero-order valence-corrected chi connectivity index (χ0v) is 15.0. The van der Waals surface area contributed by atoms with Crippen LogP contribution in [0, 0.1) is 11.6 Å². The SMILES string of the molecule is O=C(NC1CCCN(c2cc(-c3ccncc3)[nH]n2)C1)c1cc(F)cc(F)c1. The highest BCUT2D eigenvalue weighted by atomic mass is 19.1. The molecular formula is C20H19F2N5O. The average molecular weight is 383 g/mol. The van der Waals surface area contributed by atoms with Crippen LogP contribution < -0.4 is 10.2 Å². The lowest BCUT2D eigenvalue weighted by Gasteiger charge is -2.33. The smallest absolute Gasteiger partial charge is 0.251 e. The van der Waals surface area contributed by atoms with Crippen LogP contribution in [0.3, 0.4) is 0 Å².